The third-order valence-electron chi connectivity index (χ3n) is 6.00. The summed E-state index contributed by atoms with van der Waals surface area (Å²) in [5.74, 6) is 2.35. The molecule has 2 aliphatic heterocycles. The minimum Gasteiger partial charge on any atom is -0.371 e. The highest BCUT2D eigenvalue weighted by molar-refractivity contribution is 5.80. The number of benzene rings is 2. The summed E-state index contributed by atoms with van der Waals surface area (Å²) >= 11 is 0. The van der Waals surface area contributed by atoms with E-state index >= 15 is 0 Å². The Morgan fingerprint density at radius 1 is 0.964 bits per heavy atom. The number of para-hydroxylation sites is 1. The molecular formula is C24H32N4. The first kappa shape index (κ1) is 18.9. The predicted octanol–water partition coefficient (Wildman–Crippen LogP) is 3.97. The summed E-state index contributed by atoms with van der Waals surface area (Å²) in [6.45, 7) is 8.40. The molecule has 0 amide bonds. The van der Waals surface area contributed by atoms with E-state index in [-0.39, 0.29) is 0 Å². The lowest BCUT2D eigenvalue weighted by Gasteiger charge is -2.22. The van der Waals surface area contributed by atoms with Crippen LogP contribution in [0.4, 0.5) is 5.69 Å². The van der Waals surface area contributed by atoms with Gasteiger partial charge in [0.25, 0.3) is 0 Å². The molecule has 4 nitrogen and oxygen atoms in total. The molecular weight excluding hydrogens is 344 g/mol. The van der Waals surface area contributed by atoms with Crippen molar-refractivity contribution in [3.8, 4) is 0 Å². The van der Waals surface area contributed by atoms with Crippen LogP contribution in [0.3, 0.4) is 0 Å². The van der Waals surface area contributed by atoms with Gasteiger partial charge in [-0.05, 0) is 43.4 Å². The minimum atomic E-state index is 0.616. The van der Waals surface area contributed by atoms with Crippen molar-refractivity contribution in [2.75, 3.05) is 44.2 Å². The average Bonchev–Trinajstić information content (AvgIpc) is 3.43. The summed E-state index contributed by atoms with van der Waals surface area (Å²) in [6.07, 6.45) is 2.43. The van der Waals surface area contributed by atoms with Crippen molar-refractivity contribution in [1.29, 1.82) is 0 Å². The zero-order valence-electron chi connectivity index (χ0n) is 16.9. The van der Waals surface area contributed by atoms with Crippen LogP contribution in [0.5, 0.6) is 0 Å². The Balaban J connectivity index is 1.35. The zero-order chi connectivity index (χ0) is 19.2. The SMILES string of the molecule is CCNC(=NCC1CCN(c2ccccc2)C1)N1CCC(c2ccccc2)C1. The Morgan fingerprint density at radius 3 is 2.46 bits per heavy atom. The van der Waals surface area contributed by atoms with Crippen LogP contribution < -0.4 is 10.2 Å². The molecule has 0 spiro atoms. The molecule has 2 fully saturated rings. The van der Waals surface area contributed by atoms with Crippen molar-refractivity contribution in [2.24, 2.45) is 10.9 Å². The average molecular weight is 377 g/mol. The quantitative estimate of drug-likeness (QED) is 0.633. The number of nitrogens with zero attached hydrogens (tertiary/aromatic N) is 3. The van der Waals surface area contributed by atoms with Gasteiger partial charge in [0.05, 0.1) is 0 Å². The predicted molar refractivity (Wildman–Crippen MR) is 118 cm³/mol. The topological polar surface area (TPSA) is 30.9 Å². The fraction of sp³-hybridized carbons (Fsp3) is 0.458. The molecule has 2 unspecified atom stereocenters. The summed E-state index contributed by atoms with van der Waals surface area (Å²) in [6, 6.07) is 21.7. The molecule has 2 heterocycles. The first-order valence-electron chi connectivity index (χ1n) is 10.7. The van der Waals surface area contributed by atoms with Gasteiger partial charge in [-0.3, -0.25) is 4.99 Å². The van der Waals surface area contributed by atoms with Crippen molar-refractivity contribution < 1.29 is 0 Å². The summed E-state index contributed by atoms with van der Waals surface area (Å²) < 4.78 is 0. The lowest BCUT2D eigenvalue weighted by atomic mass is 9.99. The second-order valence-corrected chi connectivity index (χ2v) is 7.97. The number of hydrogen-bond donors (Lipinski definition) is 1. The second-order valence-electron chi connectivity index (χ2n) is 7.97. The van der Waals surface area contributed by atoms with Gasteiger partial charge >= 0.3 is 0 Å². The smallest absolute Gasteiger partial charge is 0.193 e. The van der Waals surface area contributed by atoms with Crippen LogP contribution in [0.25, 0.3) is 0 Å². The Bertz CT molecular complexity index is 759. The number of anilines is 1. The van der Waals surface area contributed by atoms with E-state index in [2.05, 4.69) is 82.7 Å². The van der Waals surface area contributed by atoms with Gasteiger partial charge in [0, 0.05) is 50.9 Å². The van der Waals surface area contributed by atoms with Crippen LogP contribution in [0.2, 0.25) is 0 Å². The van der Waals surface area contributed by atoms with Gasteiger partial charge in [0.15, 0.2) is 5.96 Å². The van der Waals surface area contributed by atoms with E-state index in [0.717, 1.165) is 45.2 Å². The molecule has 2 aromatic carbocycles. The first-order chi connectivity index (χ1) is 13.8. The molecule has 2 aromatic rings. The summed E-state index contributed by atoms with van der Waals surface area (Å²) in [5.41, 5.74) is 2.79. The monoisotopic (exact) mass is 376 g/mol. The molecule has 148 valence electrons. The van der Waals surface area contributed by atoms with Crippen molar-refractivity contribution in [2.45, 2.75) is 25.7 Å². The van der Waals surface area contributed by atoms with Crippen LogP contribution in [-0.4, -0.2) is 50.1 Å². The molecule has 0 aliphatic carbocycles. The van der Waals surface area contributed by atoms with E-state index in [0.29, 0.717) is 11.8 Å². The van der Waals surface area contributed by atoms with Crippen LogP contribution >= 0.6 is 0 Å². The maximum Gasteiger partial charge on any atom is 0.193 e. The molecule has 0 radical (unpaired) electrons. The summed E-state index contributed by atoms with van der Waals surface area (Å²) in [4.78, 5) is 9.98. The molecule has 4 heteroatoms. The third kappa shape index (κ3) is 4.49. The third-order valence-corrected chi connectivity index (χ3v) is 6.00. The lowest BCUT2D eigenvalue weighted by Crippen LogP contribution is -2.40. The van der Waals surface area contributed by atoms with E-state index in [1.807, 2.05) is 0 Å². The van der Waals surface area contributed by atoms with Gasteiger partial charge in [-0.2, -0.15) is 0 Å². The molecule has 0 bridgehead atoms. The normalized spacial score (nSPS) is 22.7. The van der Waals surface area contributed by atoms with Crippen molar-refractivity contribution in [1.82, 2.24) is 10.2 Å². The Labute approximate surface area is 169 Å². The Hall–Kier alpha value is -2.49. The highest BCUT2D eigenvalue weighted by Gasteiger charge is 2.27. The number of nitrogens with one attached hydrogen (secondary N) is 1. The highest BCUT2D eigenvalue weighted by Crippen LogP contribution is 2.27. The molecule has 28 heavy (non-hydrogen) atoms. The Morgan fingerprint density at radius 2 is 1.71 bits per heavy atom. The van der Waals surface area contributed by atoms with E-state index in [1.165, 1.54) is 24.1 Å². The molecule has 2 atom stereocenters. The maximum atomic E-state index is 5.04. The summed E-state index contributed by atoms with van der Waals surface area (Å²) in [5, 5.41) is 3.53. The second kappa shape index (κ2) is 9.13. The molecule has 4 rings (SSSR count). The lowest BCUT2D eigenvalue weighted by molar-refractivity contribution is 0.481. The van der Waals surface area contributed by atoms with Gasteiger partial charge < -0.3 is 15.1 Å². The van der Waals surface area contributed by atoms with Gasteiger partial charge in [-0.1, -0.05) is 48.5 Å². The first-order valence-corrected chi connectivity index (χ1v) is 10.7. The van der Waals surface area contributed by atoms with E-state index in [1.54, 1.807) is 0 Å². The summed E-state index contributed by atoms with van der Waals surface area (Å²) in [7, 11) is 0. The molecule has 0 saturated carbocycles. The fourth-order valence-corrected chi connectivity index (χ4v) is 4.45. The van der Waals surface area contributed by atoms with Crippen molar-refractivity contribution in [3.05, 3.63) is 66.2 Å². The number of aliphatic imine (C=N–C) groups is 1. The van der Waals surface area contributed by atoms with Crippen molar-refractivity contribution in [3.63, 3.8) is 0 Å². The number of likely N-dealkylation sites (tertiary alicyclic amines) is 1. The number of rotatable bonds is 5. The van der Waals surface area contributed by atoms with Gasteiger partial charge in [0.1, 0.15) is 0 Å². The van der Waals surface area contributed by atoms with Crippen LogP contribution in [0, 0.1) is 5.92 Å². The largest absolute Gasteiger partial charge is 0.371 e. The number of hydrogen-bond acceptors (Lipinski definition) is 2. The Kier molecular flexibility index (Phi) is 6.15. The van der Waals surface area contributed by atoms with E-state index < -0.39 is 0 Å². The van der Waals surface area contributed by atoms with E-state index in [4.69, 9.17) is 4.99 Å². The van der Waals surface area contributed by atoms with Gasteiger partial charge in [0.2, 0.25) is 0 Å². The van der Waals surface area contributed by atoms with E-state index in [9.17, 15) is 0 Å². The number of guanidine groups is 1. The standard InChI is InChI=1S/C24H32N4/c1-2-25-24(28-16-14-22(19-28)21-9-5-3-6-10-21)26-17-20-13-15-27(18-20)23-11-7-4-8-12-23/h3-12,20,22H,2,13-19H2,1H3,(H,25,26). The van der Waals surface area contributed by atoms with Crippen LogP contribution in [-0.2, 0) is 0 Å². The minimum absolute atomic E-state index is 0.616. The molecule has 2 saturated heterocycles. The van der Waals surface area contributed by atoms with Crippen LogP contribution in [0.1, 0.15) is 31.2 Å². The molecule has 0 aromatic heterocycles. The van der Waals surface area contributed by atoms with Crippen LogP contribution in [0.15, 0.2) is 65.7 Å². The zero-order valence-corrected chi connectivity index (χ0v) is 16.9. The van der Waals surface area contributed by atoms with Gasteiger partial charge in [-0.15, -0.1) is 0 Å². The van der Waals surface area contributed by atoms with Crippen molar-refractivity contribution >= 4 is 11.6 Å². The maximum absolute atomic E-state index is 5.04. The molecule has 2 aliphatic rings. The molecule has 1 N–H and O–H groups in total. The highest BCUT2D eigenvalue weighted by atomic mass is 15.3. The fourth-order valence-electron chi connectivity index (χ4n) is 4.45. The van der Waals surface area contributed by atoms with Gasteiger partial charge in [-0.25, -0.2) is 0 Å².